The van der Waals surface area contributed by atoms with Gasteiger partial charge in [-0.05, 0) is 0 Å². The molecule has 0 aromatic carbocycles. The first kappa shape index (κ1) is 12.2. The average Bonchev–Trinajstić information content (AvgIpc) is 2.26. The van der Waals surface area contributed by atoms with Gasteiger partial charge in [0.2, 0.25) is 6.34 Å². The molecule has 0 aromatic rings. The van der Waals surface area contributed by atoms with Crippen LogP contribution in [-0.2, 0) is 4.74 Å². The zero-order valence-corrected chi connectivity index (χ0v) is 9.63. The molecule has 86 valence electrons. The molecule has 1 aliphatic carbocycles. The second kappa shape index (κ2) is 5.28. The van der Waals surface area contributed by atoms with Gasteiger partial charge in [-0.1, -0.05) is 19.1 Å². The van der Waals surface area contributed by atoms with Crippen molar-refractivity contribution < 1.29 is 14.4 Å². The molecule has 4 atom stereocenters. The zero-order valence-electron chi connectivity index (χ0n) is 9.63. The van der Waals surface area contributed by atoms with Crippen LogP contribution in [0.25, 0.3) is 0 Å². The van der Waals surface area contributed by atoms with Gasteiger partial charge in [0.15, 0.2) is 0 Å². The van der Waals surface area contributed by atoms with Crippen LogP contribution in [0.15, 0.2) is 12.2 Å². The van der Waals surface area contributed by atoms with E-state index in [0.717, 1.165) is 0 Å². The molecule has 0 aliphatic heterocycles. The van der Waals surface area contributed by atoms with E-state index >= 15 is 0 Å². The van der Waals surface area contributed by atoms with Crippen LogP contribution in [0.4, 0.5) is 0 Å². The predicted octanol–water partition coefficient (Wildman–Crippen LogP) is -0.186. The number of nitrogens with two attached hydrogens (primary N) is 1. The van der Waals surface area contributed by atoms with Crippen molar-refractivity contribution in [2.45, 2.75) is 19.1 Å². The van der Waals surface area contributed by atoms with E-state index in [0.29, 0.717) is 6.61 Å². The van der Waals surface area contributed by atoms with Crippen molar-refractivity contribution in [1.29, 1.82) is 0 Å². The Kier molecular flexibility index (Phi) is 4.29. The third-order valence-corrected chi connectivity index (χ3v) is 3.19. The Morgan fingerprint density at radius 2 is 2.20 bits per heavy atom. The molecule has 15 heavy (non-hydrogen) atoms. The predicted molar refractivity (Wildman–Crippen MR) is 59.9 cm³/mol. The minimum atomic E-state index is -0.273. The lowest BCUT2D eigenvalue weighted by Crippen LogP contribution is -2.58. The van der Waals surface area contributed by atoms with Gasteiger partial charge in [0.05, 0.1) is 19.8 Å². The molecule has 0 bridgehead atoms. The topological polar surface area (TPSA) is 58.5 Å². The van der Waals surface area contributed by atoms with E-state index in [1.165, 1.54) is 0 Å². The lowest BCUT2D eigenvalue weighted by atomic mass is 9.67. The van der Waals surface area contributed by atoms with E-state index in [1.807, 2.05) is 30.7 Å². The highest BCUT2D eigenvalue weighted by Gasteiger charge is 2.48. The Bertz CT molecular complexity index is 263. The Morgan fingerprint density at radius 1 is 1.53 bits per heavy atom. The summed E-state index contributed by atoms with van der Waals surface area (Å²) in [5.41, 5.74) is 5.48. The summed E-state index contributed by atoms with van der Waals surface area (Å²) >= 11 is 0. The first-order valence-electron chi connectivity index (χ1n) is 5.24. The van der Waals surface area contributed by atoms with Gasteiger partial charge in [-0.3, -0.25) is 10.3 Å². The molecular formula is C11H21N2O2+. The summed E-state index contributed by atoms with van der Waals surface area (Å²) in [6.45, 7) is 2.62. The molecule has 4 nitrogen and oxygen atoms in total. The largest absolute Gasteiger partial charge is 0.392 e. The standard InChI is InChI=1S/C11H20N2O2/c1-8-10(13(2)7-12)9(11(8)14)5-4-6-15-3/h4-5,7-12,14H,6H2,1-3H3/p+1/b5-4-. The van der Waals surface area contributed by atoms with E-state index in [2.05, 4.69) is 0 Å². The van der Waals surface area contributed by atoms with Crippen LogP contribution in [0.3, 0.4) is 0 Å². The van der Waals surface area contributed by atoms with Crippen LogP contribution in [-0.4, -0.2) is 48.9 Å². The van der Waals surface area contributed by atoms with Gasteiger partial charge in [-0.25, -0.2) is 0 Å². The molecule has 0 aromatic heterocycles. The van der Waals surface area contributed by atoms with Gasteiger partial charge in [0.1, 0.15) is 6.04 Å². The van der Waals surface area contributed by atoms with Crippen LogP contribution in [0.5, 0.6) is 0 Å². The SMILES string of the molecule is COC/C=C\C1C(O)C(C)C1/[N+](C)=C/N. The van der Waals surface area contributed by atoms with Gasteiger partial charge in [-0.2, -0.15) is 0 Å². The Hall–Kier alpha value is -0.870. The number of rotatable bonds is 4. The Morgan fingerprint density at radius 3 is 2.73 bits per heavy atom. The maximum Gasteiger partial charge on any atom is 0.229 e. The zero-order chi connectivity index (χ0) is 11.4. The first-order valence-corrected chi connectivity index (χ1v) is 5.24. The molecule has 1 saturated carbocycles. The van der Waals surface area contributed by atoms with Crippen molar-refractivity contribution in [2.75, 3.05) is 20.8 Å². The van der Waals surface area contributed by atoms with Gasteiger partial charge in [0.25, 0.3) is 0 Å². The number of methoxy groups -OCH3 is 1. The fourth-order valence-corrected chi connectivity index (χ4v) is 2.24. The second-order valence-corrected chi connectivity index (χ2v) is 4.12. The van der Waals surface area contributed by atoms with E-state index in [9.17, 15) is 5.11 Å². The molecule has 1 rings (SSSR count). The fourth-order valence-electron chi connectivity index (χ4n) is 2.24. The molecule has 0 radical (unpaired) electrons. The minimum Gasteiger partial charge on any atom is -0.392 e. The fraction of sp³-hybridized carbons (Fsp3) is 0.727. The van der Waals surface area contributed by atoms with Gasteiger partial charge < -0.3 is 9.84 Å². The molecular weight excluding hydrogens is 192 g/mol. The normalized spacial score (nSPS) is 36.9. The number of nitrogens with zero attached hydrogens (tertiary/aromatic N) is 1. The van der Waals surface area contributed by atoms with Crippen LogP contribution in [0, 0.1) is 11.8 Å². The van der Waals surface area contributed by atoms with Crippen LogP contribution in [0.1, 0.15) is 6.92 Å². The Labute approximate surface area is 91.0 Å². The summed E-state index contributed by atoms with van der Waals surface area (Å²) in [6, 6.07) is 0.290. The van der Waals surface area contributed by atoms with E-state index < -0.39 is 0 Å². The summed E-state index contributed by atoms with van der Waals surface area (Å²) < 4.78 is 6.89. The molecule has 1 fully saturated rings. The maximum atomic E-state index is 9.82. The summed E-state index contributed by atoms with van der Waals surface area (Å²) in [6.07, 6.45) is 5.24. The molecule has 0 saturated heterocycles. The third kappa shape index (κ3) is 2.38. The third-order valence-electron chi connectivity index (χ3n) is 3.19. The Balaban J connectivity index is 2.62. The molecule has 0 heterocycles. The molecule has 3 N–H and O–H groups in total. The van der Waals surface area contributed by atoms with E-state index in [1.54, 1.807) is 13.4 Å². The van der Waals surface area contributed by atoms with E-state index in [-0.39, 0.29) is 24.0 Å². The average molecular weight is 213 g/mol. The molecule has 4 unspecified atom stereocenters. The number of aliphatic hydroxyl groups excluding tert-OH is 1. The van der Waals surface area contributed by atoms with Crippen molar-refractivity contribution in [1.82, 2.24) is 0 Å². The maximum absolute atomic E-state index is 9.82. The van der Waals surface area contributed by atoms with Crippen molar-refractivity contribution in [2.24, 2.45) is 17.6 Å². The molecule has 1 aliphatic rings. The highest BCUT2D eigenvalue weighted by Crippen LogP contribution is 2.37. The molecule has 0 spiro atoms. The van der Waals surface area contributed by atoms with Crippen LogP contribution < -0.4 is 5.73 Å². The lowest BCUT2D eigenvalue weighted by molar-refractivity contribution is -0.574. The van der Waals surface area contributed by atoms with Crippen molar-refractivity contribution in [3.63, 3.8) is 0 Å². The number of hydrogen-bond donors (Lipinski definition) is 2. The minimum absolute atomic E-state index is 0.153. The highest BCUT2D eigenvalue weighted by molar-refractivity contribution is 5.44. The number of hydrogen-bond acceptors (Lipinski definition) is 2. The van der Waals surface area contributed by atoms with Gasteiger partial charge >= 0.3 is 0 Å². The second-order valence-electron chi connectivity index (χ2n) is 4.12. The van der Waals surface area contributed by atoms with Crippen molar-refractivity contribution in [3.05, 3.63) is 12.2 Å². The summed E-state index contributed by atoms with van der Waals surface area (Å²) in [7, 11) is 3.59. The van der Waals surface area contributed by atoms with Gasteiger partial charge in [0, 0.05) is 18.9 Å². The summed E-state index contributed by atoms with van der Waals surface area (Å²) in [4.78, 5) is 0. The summed E-state index contributed by atoms with van der Waals surface area (Å²) in [5.74, 6) is 0.409. The van der Waals surface area contributed by atoms with Crippen molar-refractivity contribution >= 4 is 6.34 Å². The molecule has 0 amide bonds. The summed E-state index contributed by atoms with van der Waals surface area (Å²) in [5, 5.41) is 9.82. The number of ether oxygens (including phenoxy) is 1. The highest BCUT2D eigenvalue weighted by atomic mass is 16.5. The van der Waals surface area contributed by atoms with Crippen LogP contribution >= 0.6 is 0 Å². The van der Waals surface area contributed by atoms with E-state index in [4.69, 9.17) is 10.5 Å². The van der Waals surface area contributed by atoms with Crippen LogP contribution in [0.2, 0.25) is 0 Å². The van der Waals surface area contributed by atoms with Gasteiger partial charge in [-0.15, -0.1) is 0 Å². The van der Waals surface area contributed by atoms with Crippen molar-refractivity contribution in [3.8, 4) is 0 Å². The lowest BCUT2D eigenvalue weighted by Gasteiger charge is -2.44. The monoisotopic (exact) mass is 213 g/mol. The smallest absolute Gasteiger partial charge is 0.229 e. The number of aliphatic hydroxyl groups is 1. The molecule has 4 heteroatoms. The first-order chi connectivity index (χ1) is 7.13. The quantitative estimate of drug-likeness (QED) is 0.295.